The standard InChI is InChI=1S/C11H15N5S/c1-2-7(1)9-13-14-11-16(9)15-10(17-11)8-3-5-12-6-4-8/h7-8,12H,1-6H2. The summed E-state index contributed by atoms with van der Waals surface area (Å²) in [6, 6.07) is 0. The molecular formula is C11H15N5S. The fraction of sp³-hybridized carbons (Fsp3) is 0.727. The summed E-state index contributed by atoms with van der Waals surface area (Å²) >= 11 is 1.72. The van der Waals surface area contributed by atoms with Gasteiger partial charge in [0.1, 0.15) is 5.01 Å². The van der Waals surface area contributed by atoms with Crippen molar-refractivity contribution in [3.8, 4) is 0 Å². The number of nitrogens with one attached hydrogen (secondary N) is 1. The van der Waals surface area contributed by atoms with E-state index < -0.39 is 0 Å². The normalized spacial score (nSPS) is 22.4. The molecule has 0 bridgehead atoms. The van der Waals surface area contributed by atoms with Crippen LogP contribution in [0.1, 0.15) is 48.4 Å². The summed E-state index contributed by atoms with van der Waals surface area (Å²) in [4.78, 5) is 0.973. The smallest absolute Gasteiger partial charge is 0.234 e. The summed E-state index contributed by atoms with van der Waals surface area (Å²) in [6.45, 7) is 2.22. The third kappa shape index (κ3) is 1.66. The first-order chi connectivity index (χ1) is 8.42. The van der Waals surface area contributed by atoms with Crippen molar-refractivity contribution < 1.29 is 0 Å². The van der Waals surface area contributed by atoms with Crippen LogP contribution in [0.4, 0.5) is 0 Å². The molecule has 17 heavy (non-hydrogen) atoms. The van der Waals surface area contributed by atoms with Crippen molar-refractivity contribution in [2.75, 3.05) is 13.1 Å². The van der Waals surface area contributed by atoms with Crippen LogP contribution in [-0.2, 0) is 0 Å². The van der Waals surface area contributed by atoms with E-state index in [4.69, 9.17) is 5.10 Å². The quantitative estimate of drug-likeness (QED) is 0.877. The van der Waals surface area contributed by atoms with E-state index in [9.17, 15) is 0 Å². The Bertz CT molecular complexity index is 535. The SMILES string of the molecule is C1CC(c2nn3c(C4CC4)nnc3s2)CCN1. The predicted molar refractivity (Wildman–Crippen MR) is 65.5 cm³/mol. The molecule has 5 nitrogen and oxygen atoms in total. The van der Waals surface area contributed by atoms with Gasteiger partial charge in [0.05, 0.1) is 0 Å². The minimum Gasteiger partial charge on any atom is -0.317 e. The number of rotatable bonds is 2. The van der Waals surface area contributed by atoms with Crippen molar-refractivity contribution in [1.29, 1.82) is 0 Å². The molecule has 3 heterocycles. The number of fused-ring (bicyclic) bond motifs is 1. The first-order valence-corrected chi connectivity index (χ1v) is 7.16. The fourth-order valence-corrected chi connectivity index (χ4v) is 3.49. The fourth-order valence-electron chi connectivity index (χ4n) is 2.48. The molecule has 1 aliphatic heterocycles. The van der Waals surface area contributed by atoms with Gasteiger partial charge in [-0.05, 0) is 38.8 Å². The van der Waals surface area contributed by atoms with Gasteiger partial charge < -0.3 is 5.32 Å². The topological polar surface area (TPSA) is 55.1 Å². The Morgan fingerprint density at radius 2 is 1.88 bits per heavy atom. The summed E-state index contributed by atoms with van der Waals surface area (Å²) in [5.74, 6) is 2.32. The second-order valence-electron chi connectivity index (χ2n) is 4.99. The molecule has 0 spiro atoms. The van der Waals surface area contributed by atoms with Crippen molar-refractivity contribution in [2.45, 2.75) is 37.5 Å². The van der Waals surface area contributed by atoms with Crippen LogP contribution in [0.3, 0.4) is 0 Å². The molecule has 1 saturated carbocycles. The second-order valence-corrected chi connectivity index (χ2v) is 5.98. The van der Waals surface area contributed by atoms with Gasteiger partial charge in [-0.25, -0.2) is 0 Å². The summed E-state index contributed by atoms with van der Waals surface area (Å²) in [7, 11) is 0. The lowest BCUT2D eigenvalue weighted by Gasteiger charge is -2.19. The van der Waals surface area contributed by atoms with E-state index in [0.717, 1.165) is 23.9 Å². The Morgan fingerprint density at radius 3 is 2.65 bits per heavy atom. The van der Waals surface area contributed by atoms with Crippen molar-refractivity contribution in [2.24, 2.45) is 0 Å². The van der Waals surface area contributed by atoms with Crippen LogP contribution in [-0.4, -0.2) is 32.9 Å². The van der Waals surface area contributed by atoms with Crippen LogP contribution >= 0.6 is 11.3 Å². The number of hydrogen-bond acceptors (Lipinski definition) is 5. The monoisotopic (exact) mass is 249 g/mol. The molecular weight excluding hydrogens is 234 g/mol. The van der Waals surface area contributed by atoms with Gasteiger partial charge in [-0.2, -0.15) is 9.61 Å². The Labute approximate surface area is 103 Å². The molecule has 0 aromatic carbocycles. The van der Waals surface area contributed by atoms with Crippen molar-refractivity contribution in [1.82, 2.24) is 25.1 Å². The van der Waals surface area contributed by atoms with Crippen LogP contribution in [0, 0.1) is 0 Å². The molecule has 2 aliphatic rings. The highest BCUT2D eigenvalue weighted by Gasteiger charge is 2.30. The molecule has 2 fully saturated rings. The average Bonchev–Trinajstić information content (AvgIpc) is 3.00. The average molecular weight is 249 g/mol. The van der Waals surface area contributed by atoms with Crippen LogP contribution < -0.4 is 5.32 Å². The van der Waals surface area contributed by atoms with Crippen molar-refractivity contribution in [3.05, 3.63) is 10.8 Å². The van der Waals surface area contributed by atoms with E-state index >= 15 is 0 Å². The molecule has 6 heteroatoms. The zero-order valence-electron chi connectivity index (χ0n) is 9.59. The number of hydrogen-bond donors (Lipinski definition) is 1. The molecule has 2 aromatic rings. The van der Waals surface area contributed by atoms with Gasteiger partial charge in [-0.1, -0.05) is 11.3 Å². The van der Waals surface area contributed by atoms with Crippen LogP contribution in [0.5, 0.6) is 0 Å². The van der Waals surface area contributed by atoms with Gasteiger partial charge in [-0.15, -0.1) is 10.2 Å². The highest BCUT2D eigenvalue weighted by atomic mass is 32.1. The first-order valence-electron chi connectivity index (χ1n) is 6.34. The van der Waals surface area contributed by atoms with Crippen LogP contribution in [0.25, 0.3) is 4.96 Å². The summed E-state index contributed by atoms with van der Waals surface area (Å²) in [5, 5.41) is 17.9. The van der Waals surface area contributed by atoms with Gasteiger partial charge in [0.15, 0.2) is 5.82 Å². The summed E-state index contributed by atoms with van der Waals surface area (Å²) < 4.78 is 1.99. The van der Waals surface area contributed by atoms with Crippen LogP contribution in [0.2, 0.25) is 0 Å². The van der Waals surface area contributed by atoms with Crippen molar-refractivity contribution >= 4 is 16.3 Å². The van der Waals surface area contributed by atoms with Gasteiger partial charge in [0.25, 0.3) is 0 Å². The van der Waals surface area contributed by atoms with Gasteiger partial charge in [-0.3, -0.25) is 0 Å². The molecule has 0 amide bonds. The van der Waals surface area contributed by atoms with E-state index in [2.05, 4.69) is 15.5 Å². The molecule has 0 atom stereocenters. The Morgan fingerprint density at radius 1 is 1.06 bits per heavy atom. The van der Waals surface area contributed by atoms with Crippen LogP contribution in [0.15, 0.2) is 0 Å². The Hall–Kier alpha value is -1.01. The molecule has 4 rings (SSSR count). The molecule has 0 unspecified atom stereocenters. The van der Waals surface area contributed by atoms with Gasteiger partial charge >= 0.3 is 0 Å². The lowest BCUT2D eigenvalue weighted by Crippen LogP contribution is -2.26. The maximum Gasteiger partial charge on any atom is 0.234 e. The van der Waals surface area contributed by atoms with Crippen molar-refractivity contribution in [3.63, 3.8) is 0 Å². The molecule has 90 valence electrons. The number of piperidine rings is 1. The summed E-state index contributed by atoms with van der Waals surface area (Å²) in [6.07, 6.45) is 4.90. The Kier molecular flexibility index (Phi) is 2.19. The molecule has 1 N–H and O–H groups in total. The third-order valence-corrected chi connectivity index (χ3v) is 4.72. The second kappa shape index (κ2) is 3.74. The number of aromatic nitrogens is 4. The maximum absolute atomic E-state index is 4.74. The third-order valence-electron chi connectivity index (χ3n) is 3.66. The highest BCUT2D eigenvalue weighted by Crippen LogP contribution is 2.39. The molecule has 0 radical (unpaired) electrons. The highest BCUT2D eigenvalue weighted by molar-refractivity contribution is 7.16. The zero-order chi connectivity index (χ0) is 11.2. The molecule has 1 aliphatic carbocycles. The maximum atomic E-state index is 4.74. The van der Waals surface area contributed by atoms with E-state index in [0.29, 0.717) is 11.8 Å². The minimum atomic E-state index is 0.618. The summed E-state index contributed by atoms with van der Waals surface area (Å²) in [5.41, 5.74) is 0. The van der Waals surface area contributed by atoms with E-state index in [1.165, 1.54) is 30.7 Å². The molecule has 2 aromatic heterocycles. The lowest BCUT2D eigenvalue weighted by atomic mass is 9.99. The molecule has 1 saturated heterocycles. The Balaban J connectivity index is 1.71. The number of nitrogens with zero attached hydrogens (tertiary/aromatic N) is 4. The first kappa shape index (κ1) is 9.96. The predicted octanol–water partition coefficient (Wildman–Crippen LogP) is 1.53. The minimum absolute atomic E-state index is 0.618. The van der Waals surface area contributed by atoms with E-state index in [1.807, 2.05) is 4.52 Å². The van der Waals surface area contributed by atoms with E-state index in [1.54, 1.807) is 11.3 Å². The van der Waals surface area contributed by atoms with E-state index in [-0.39, 0.29) is 0 Å². The lowest BCUT2D eigenvalue weighted by molar-refractivity contribution is 0.456. The van der Waals surface area contributed by atoms with Gasteiger partial charge in [0, 0.05) is 11.8 Å². The van der Waals surface area contributed by atoms with Gasteiger partial charge in [0.2, 0.25) is 4.96 Å². The largest absolute Gasteiger partial charge is 0.317 e. The zero-order valence-corrected chi connectivity index (χ0v) is 10.4.